The number of thioether (sulfide) groups is 1. The quantitative estimate of drug-likeness (QED) is 0.469. The molecule has 5 atom stereocenters. The lowest BCUT2D eigenvalue weighted by Gasteiger charge is -2.40. The second kappa shape index (κ2) is 8.53. The molecule has 1 amide bonds. The van der Waals surface area contributed by atoms with Gasteiger partial charge in [0.05, 0.1) is 5.03 Å². The van der Waals surface area contributed by atoms with Crippen LogP contribution in [0.2, 0.25) is 5.02 Å². The first-order chi connectivity index (χ1) is 16.1. The predicted molar refractivity (Wildman–Crippen MR) is 133 cm³/mol. The van der Waals surface area contributed by atoms with Crippen molar-refractivity contribution in [2.75, 3.05) is 11.9 Å². The fourth-order valence-electron chi connectivity index (χ4n) is 5.94. The molecule has 2 aromatic carbocycles. The second-order valence-corrected chi connectivity index (χ2v) is 11.7. The zero-order valence-corrected chi connectivity index (χ0v) is 20.1. The van der Waals surface area contributed by atoms with Crippen LogP contribution < -0.4 is 14.9 Å². The highest BCUT2D eigenvalue weighted by Gasteiger charge is 2.55. The molecule has 2 heterocycles. The molecule has 0 saturated heterocycles. The van der Waals surface area contributed by atoms with Crippen molar-refractivity contribution in [3.8, 4) is 5.75 Å². The van der Waals surface area contributed by atoms with Gasteiger partial charge in [-0.2, -0.15) is 0 Å². The number of aromatic amines is 1. The van der Waals surface area contributed by atoms with E-state index in [0.29, 0.717) is 33.5 Å². The van der Waals surface area contributed by atoms with Crippen molar-refractivity contribution in [1.29, 1.82) is 0 Å². The number of amides is 1. The summed E-state index contributed by atoms with van der Waals surface area (Å²) in [5.74, 6) is 2.53. The van der Waals surface area contributed by atoms with E-state index in [-0.39, 0.29) is 23.3 Å². The molecule has 170 valence electrons. The Morgan fingerprint density at radius 1 is 1.12 bits per heavy atom. The summed E-state index contributed by atoms with van der Waals surface area (Å²) >= 11 is 9.12. The third-order valence-electron chi connectivity index (χ3n) is 7.21. The Kier molecular flexibility index (Phi) is 5.51. The Hall–Kier alpha value is -2.22. The number of aromatic nitrogens is 1. The van der Waals surface area contributed by atoms with E-state index in [0.717, 1.165) is 21.4 Å². The van der Waals surface area contributed by atoms with E-state index in [2.05, 4.69) is 16.4 Å². The molecule has 0 radical (unpaired) electrons. The summed E-state index contributed by atoms with van der Waals surface area (Å²) in [4.78, 5) is 29.0. The molecule has 2 N–H and O–H groups in total. The van der Waals surface area contributed by atoms with Crippen molar-refractivity contribution >= 4 is 46.3 Å². The van der Waals surface area contributed by atoms with Crippen LogP contribution in [-0.4, -0.2) is 22.7 Å². The molecule has 2 bridgehead atoms. The smallest absolute Gasteiger partial charge is 0.305 e. The molecule has 33 heavy (non-hydrogen) atoms. The van der Waals surface area contributed by atoms with Gasteiger partial charge in [0.2, 0.25) is 0 Å². The number of carbonyl (C=O) groups excluding carboxylic acids is 1. The van der Waals surface area contributed by atoms with Crippen LogP contribution in [0.25, 0.3) is 0 Å². The zero-order valence-electron chi connectivity index (χ0n) is 17.8. The minimum Gasteiger partial charge on any atom is -0.483 e. The monoisotopic (exact) mass is 498 g/mol. The molecular weight excluding hydrogens is 476 g/mol. The number of hydrogen-bond donors (Lipinski definition) is 2. The number of anilines is 1. The molecule has 3 aliphatic rings. The van der Waals surface area contributed by atoms with Gasteiger partial charge in [-0.3, -0.25) is 9.59 Å². The van der Waals surface area contributed by atoms with E-state index in [4.69, 9.17) is 16.3 Å². The van der Waals surface area contributed by atoms with Gasteiger partial charge in [0.15, 0.2) is 6.61 Å². The molecule has 1 aromatic heterocycles. The van der Waals surface area contributed by atoms with Crippen LogP contribution in [0.3, 0.4) is 0 Å². The molecule has 2 fully saturated rings. The highest BCUT2D eigenvalue weighted by molar-refractivity contribution is 8.00. The Morgan fingerprint density at radius 2 is 1.91 bits per heavy atom. The van der Waals surface area contributed by atoms with E-state index in [9.17, 15) is 9.59 Å². The molecule has 2 saturated carbocycles. The first-order valence-corrected chi connectivity index (χ1v) is 13.3. The number of benzene rings is 2. The van der Waals surface area contributed by atoms with Gasteiger partial charge in [0.25, 0.3) is 5.91 Å². The minimum atomic E-state index is -0.226. The van der Waals surface area contributed by atoms with Crippen LogP contribution in [-0.2, 0) is 4.79 Å². The maximum absolute atomic E-state index is 12.5. The summed E-state index contributed by atoms with van der Waals surface area (Å²) in [7, 11) is 0. The van der Waals surface area contributed by atoms with E-state index < -0.39 is 0 Å². The molecule has 0 spiro atoms. The average Bonchev–Trinajstić information content (AvgIpc) is 3.52. The number of carbonyl (C=O) groups is 1. The predicted octanol–water partition coefficient (Wildman–Crippen LogP) is 5.76. The Morgan fingerprint density at radius 3 is 2.76 bits per heavy atom. The third kappa shape index (κ3) is 3.90. The lowest BCUT2D eigenvalue weighted by atomic mass is 9.74. The topological polar surface area (TPSA) is 71.2 Å². The standard InChI is InChI=1S/C25H23ClN2O3S2/c26-15-7-9-16(10-8-15)27-19(29)12-31-18-4-2-1-3-17(18)21-20-13-5-6-14(11-13)22(20)32-24-23(21)33-25(30)28-24/h1-4,7-10,13-14,20-22H,5-6,11-12H2,(H,27,29)(H,28,30)/t13-,14-,20-,21-,22-/m0/s1. The Balaban J connectivity index is 1.28. The highest BCUT2D eigenvalue weighted by Crippen LogP contribution is 2.64. The average molecular weight is 499 g/mol. The third-order valence-corrected chi connectivity index (χ3v) is 10.1. The lowest BCUT2D eigenvalue weighted by molar-refractivity contribution is -0.118. The largest absolute Gasteiger partial charge is 0.483 e. The first kappa shape index (κ1) is 21.3. The second-order valence-electron chi connectivity index (χ2n) is 9.06. The normalized spacial score (nSPS) is 27.1. The van der Waals surface area contributed by atoms with Gasteiger partial charge in [0.1, 0.15) is 5.75 Å². The number of para-hydroxylation sites is 1. The SMILES string of the molecule is O=C(COc1ccccc1[C@@H]1c2sc(=O)[nH]c2S[C@H]2[C@H]3CC[C@@H](C3)[C@@H]12)Nc1ccc(Cl)cc1. The summed E-state index contributed by atoms with van der Waals surface area (Å²) in [5.41, 5.74) is 1.76. The van der Waals surface area contributed by atoms with Crippen LogP contribution in [0.4, 0.5) is 5.69 Å². The zero-order chi connectivity index (χ0) is 22.5. The van der Waals surface area contributed by atoms with E-state index in [1.165, 1.54) is 30.6 Å². The summed E-state index contributed by atoms with van der Waals surface area (Å²) in [6.07, 6.45) is 3.84. The number of halogens is 1. The highest BCUT2D eigenvalue weighted by atomic mass is 35.5. The summed E-state index contributed by atoms with van der Waals surface area (Å²) < 4.78 is 6.07. The van der Waals surface area contributed by atoms with E-state index >= 15 is 0 Å². The van der Waals surface area contributed by atoms with Crippen LogP contribution >= 0.6 is 34.7 Å². The van der Waals surface area contributed by atoms with Crippen molar-refractivity contribution < 1.29 is 9.53 Å². The summed E-state index contributed by atoms with van der Waals surface area (Å²) in [6.45, 7) is -0.0858. The number of hydrogen-bond acceptors (Lipinski definition) is 5. The first-order valence-electron chi connectivity index (χ1n) is 11.2. The number of H-pyrrole nitrogens is 1. The Bertz CT molecular complexity index is 1260. The summed E-state index contributed by atoms with van der Waals surface area (Å²) in [5, 5.41) is 5.03. The van der Waals surface area contributed by atoms with Gasteiger partial charge in [-0.15, -0.1) is 11.8 Å². The minimum absolute atomic E-state index is 0.00515. The fraction of sp³-hybridized carbons (Fsp3) is 0.360. The van der Waals surface area contributed by atoms with Gasteiger partial charge < -0.3 is 15.0 Å². The molecule has 3 aromatic rings. The maximum Gasteiger partial charge on any atom is 0.305 e. The number of rotatable bonds is 5. The van der Waals surface area contributed by atoms with Crippen molar-refractivity contribution in [2.24, 2.45) is 17.8 Å². The number of fused-ring (bicyclic) bond motifs is 6. The van der Waals surface area contributed by atoms with Gasteiger partial charge in [-0.1, -0.05) is 41.1 Å². The Labute approximate surface area is 204 Å². The number of ether oxygens (including phenoxy) is 1. The fourth-order valence-corrected chi connectivity index (χ4v) is 8.95. The van der Waals surface area contributed by atoms with Crippen molar-refractivity contribution in [3.63, 3.8) is 0 Å². The molecular formula is C25H23ClN2O3S2. The molecule has 6 rings (SSSR count). The van der Waals surface area contributed by atoms with Gasteiger partial charge in [-0.05, 0) is 67.3 Å². The van der Waals surface area contributed by atoms with Crippen LogP contribution in [0, 0.1) is 17.8 Å². The van der Waals surface area contributed by atoms with Gasteiger partial charge in [0, 0.05) is 32.3 Å². The number of thiazole rings is 1. The molecule has 2 aliphatic carbocycles. The molecule has 1 aliphatic heterocycles. The summed E-state index contributed by atoms with van der Waals surface area (Å²) in [6, 6.07) is 15.0. The maximum atomic E-state index is 12.5. The van der Waals surface area contributed by atoms with E-state index in [1.54, 1.807) is 24.3 Å². The number of nitrogens with one attached hydrogen (secondary N) is 2. The van der Waals surface area contributed by atoms with Crippen molar-refractivity contribution in [2.45, 2.75) is 35.5 Å². The van der Waals surface area contributed by atoms with Crippen LogP contribution in [0.15, 0.2) is 58.4 Å². The van der Waals surface area contributed by atoms with Crippen LogP contribution in [0.1, 0.15) is 35.6 Å². The lowest BCUT2D eigenvalue weighted by Crippen LogP contribution is -2.34. The molecule has 5 nitrogen and oxygen atoms in total. The van der Waals surface area contributed by atoms with Gasteiger partial charge in [-0.25, -0.2) is 0 Å². The molecule has 8 heteroatoms. The molecule has 0 unspecified atom stereocenters. The van der Waals surface area contributed by atoms with Crippen molar-refractivity contribution in [1.82, 2.24) is 4.98 Å². The van der Waals surface area contributed by atoms with Crippen molar-refractivity contribution in [3.05, 3.63) is 73.7 Å². The van der Waals surface area contributed by atoms with Crippen LogP contribution in [0.5, 0.6) is 5.75 Å². The van der Waals surface area contributed by atoms with E-state index in [1.807, 2.05) is 30.0 Å². The van der Waals surface area contributed by atoms with Gasteiger partial charge >= 0.3 is 4.87 Å².